The predicted molar refractivity (Wildman–Crippen MR) is 210 cm³/mol. The molecule has 13 nitrogen and oxygen atoms in total. The molecule has 59 heavy (non-hydrogen) atoms. The number of amides is 2. The normalized spacial score (nSPS) is 29.4. The number of hydrogen-bond acceptors (Lipinski definition) is 11. The second-order valence-corrected chi connectivity index (χ2v) is 19.6. The SMILES string of the molecule is CC[C@@H]1O[C@H](C)CC/C=C\[C@@H]2C[C@@]2(C(=O)NS(=O)(=O)C2(C)CC2)CC(=O)[C@@H]2C[C@@H](Oc3ncc(OC)c4ccc(F)cc34)CN2C(=O)[C@H]1CC(=O)OC(C)(C)C(C)(F)F. The standard InChI is InChI=1S/C42H54F3N3O10S/c1-8-33-30(19-35(50)58-39(3,4)41(6,44)45)37(51)48-23-27(57-36-29-17-26(43)13-14-28(29)34(55-7)22-46-36)18-31(48)32(49)21-42(20-25(42)12-10-9-11-24(2)56-33)38(52)47-59(53,54)40(5)15-16-40/h10,12-14,17,22,24-25,27,30-31,33H,8-9,11,15-16,18-21,23H2,1-7H3,(H,47,52)/b12-10-/t24-,25-,27-,30+,31+,33+,42-/m1/s1. The molecule has 0 spiro atoms. The Morgan fingerprint density at radius 2 is 1.85 bits per heavy atom. The topological polar surface area (TPSA) is 167 Å². The third kappa shape index (κ3) is 9.10. The van der Waals surface area contributed by atoms with E-state index < -0.39 is 110 Å². The number of pyridine rings is 1. The first-order valence-corrected chi connectivity index (χ1v) is 21.6. The molecule has 1 N–H and O–H groups in total. The van der Waals surface area contributed by atoms with Gasteiger partial charge in [0.1, 0.15) is 17.7 Å². The summed E-state index contributed by atoms with van der Waals surface area (Å²) in [5, 5.41) is 0.760. The summed E-state index contributed by atoms with van der Waals surface area (Å²) in [6.07, 6.45) is 3.79. The van der Waals surface area contributed by atoms with E-state index in [0.717, 1.165) is 13.8 Å². The van der Waals surface area contributed by atoms with Crippen LogP contribution in [0.3, 0.4) is 0 Å². The van der Waals surface area contributed by atoms with Crippen LogP contribution in [0, 0.1) is 23.1 Å². The summed E-state index contributed by atoms with van der Waals surface area (Å²) in [7, 11) is -2.62. The minimum Gasteiger partial charge on any atom is -0.494 e. The van der Waals surface area contributed by atoms with Crippen LogP contribution in [0.4, 0.5) is 13.2 Å². The van der Waals surface area contributed by atoms with E-state index >= 15 is 0 Å². The number of fused-ring (bicyclic) bond motifs is 3. The molecular formula is C42H54F3N3O10S. The second-order valence-electron chi connectivity index (χ2n) is 17.4. The summed E-state index contributed by atoms with van der Waals surface area (Å²) in [6, 6.07) is 2.74. The number of allylic oxidation sites excluding steroid dienone is 2. The van der Waals surface area contributed by atoms with Gasteiger partial charge in [-0.05, 0) is 90.3 Å². The van der Waals surface area contributed by atoms with E-state index in [-0.39, 0.29) is 37.1 Å². The molecular weight excluding hydrogens is 796 g/mol. The molecule has 4 aliphatic rings. The van der Waals surface area contributed by atoms with Gasteiger partial charge >= 0.3 is 5.97 Å². The number of hydrogen-bond donors (Lipinski definition) is 1. The van der Waals surface area contributed by atoms with E-state index in [2.05, 4.69) is 9.71 Å². The molecule has 6 rings (SSSR count). The lowest BCUT2D eigenvalue weighted by Crippen LogP contribution is -2.50. The van der Waals surface area contributed by atoms with E-state index in [1.807, 2.05) is 12.2 Å². The smallest absolute Gasteiger partial charge is 0.307 e. The molecule has 0 unspecified atom stereocenters. The van der Waals surface area contributed by atoms with Crippen molar-refractivity contribution in [2.75, 3.05) is 13.7 Å². The highest BCUT2D eigenvalue weighted by atomic mass is 32.2. The molecule has 17 heteroatoms. The molecule has 0 bridgehead atoms. The number of alkyl halides is 2. The first kappa shape index (κ1) is 44.3. The van der Waals surface area contributed by atoms with Gasteiger partial charge in [-0.1, -0.05) is 19.1 Å². The number of carbonyl (C=O) groups is 4. The number of nitrogens with zero attached hydrogens (tertiary/aromatic N) is 2. The number of esters is 1. The molecule has 2 aliphatic heterocycles. The number of carbonyl (C=O) groups excluding carboxylic acids is 4. The Bertz CT molecular complexity index is 2120. The van der Waals surface area contributed by atoms with E-state index in [4.69, 9.17) is 18.9 Å². The summed E-state index contributed by atoms with van der Waals surface area (Å²) in [4.78, 5) is 62.7. The van der Waals surface area contributed by atoms with Crippen molar-refractivity contribution in [2.24, 2.45) is 17.3 Å². The lowest BCUT2D eigenvalue weighted by atomic mass is 9.90. The van der Waals surface area contributed by atoms with Crippen molar-refractivity contribution in [3.8, 4) is 11.6 Å². The van der Waals surface area contributed by atoms with Gasteiger partial charge in [0, 0.05) is 25.2 Å². The Labute approximate surface area is 342 Å². The van der Waals surface area contributed by atoms with Crippen LogP contribution in [0.2, 0.25) is 0 Å². The molecule has 7 atom stereocenters. The van der Waals surface area contributed by atoms with Crippen LogP contribution >= 0.6 is 0 Å². The zero-order valence-corrected chi connectivity index (χ0v) is 35.3. The maximum absolute atomic E-state index is 15.0. The van der Waals surface area contributed by atoms with Crippen molar-refractivity contribution >= 4 is 44.4 Å². The Kier molecular flexibility index (Phi) is 12.3. The third-order valence-corrected chi connectivity index (χ3v) is 14.8. The molecule has 2 aliphatic carbocycles. The van der Waals surface area contributed by atoms with Crippen molar-refractivity contribution < 1.29 is 59.7 Å². The van der Waals surface area contributed by atoms with E-state index in [0.29, 0.717) is 43.7 Å². The fraction of sp³-hybridized carbons (Fsp3) is 0.643. The molecule has 1 aromatic carbocycles. The quantitative estimate of drug-likeness (QED) is 0.202. The number of aromatic nitrogens is 1. The van der Waals surface area contributed by atoms with Crippen molar-refractivity contribution in [3.05, 3.63) is 42.4 Å². The number of nitrogens with one attached hydrogen (secondary N) is 1. The van der Waals surface area contributed by atoms with E-state index in [9.17, 15) is 40.8 Å². The fourth-order valence-corrected chi connectivity index (χ4v) is 9.31. The largest absolute Gasteiger partial charge is 0.494 e. The van der Waals surface area contributed by atoms with Crippen molar-refractivity contribution in [2.45, 2.75) is 140 Å². The van der Waals surface area contributed by atoms with Crippen molar-refractivity contribution in [3.63, 3.8) is 0 Å². The van der Waals surface area contributed by atoms with Gasteiger partial charge in [0.15, 0.2) is 11.4 Å². The first-order chi connectivity index (χ1) is 27.5. The van der Waals surface area contributed by atoms with Crippen LogP contribution in [0.25, 0.3) is 10.8 Å². The van der Waals surface area contributed by atoms with Gasteiger partial charge in [0.2, 0.25) is 27.7 Å². The second kappa shape index (κ2) is 16.3. The molecule has 2 aromatic rings. The molecule has 0 radical (unpaired) electrons. The summed E-state index contributed by atoms with van der Waals surface area (Å²) >= 11 is 0. The minimum absolute atomic E-state index is 0.00130. The molecule has 1 saturated heterocycles. The van der Waals surface area contributed by atoms with Crippen LogP contribution in [-0.4, -0.2) is 96.1 Å². The third-order valence-electron chi connectivity index (χ3n) is 12.6. The predicted octanol–water partition coefficient (Wildman–Crippen LogP) is 6.21. The number of rotatable bonds is 11. The molecule has 324 valence electrons. The Hall–Kier alpha value is -4.25. The van der Waals surface area contributed by atoms with Gasteiger partial charge in [0.05, 0.1) is 66.0 Å². The molecule has 3 heterocycles. The Morgan fingerprint density at radius 3 is 2.49 bits per heavy atom. The average molecular weight is 850 g/mol. The van der Waals surface area contributed by atoms with Crippen LogP contribution < -0.4 is 14.2 Å². The maximum atomic E-state index is 15.0. The van der Waals surface area contributed by atoms with Gasteiger partial charge in [0.25, 0.3) is 5.92 Å². The fourth-order valence-electron chi connectivity index (χ4n) is 7.98. The van der Waals surface area contributed by atoms with Gasteiger partial charge < -0.3 is 23.8 Å². The average Bonchev–Trinajstić information content (AvgIpc) is 4.03. The highest BCUT2D eigenvalue weighted by molar-refractivity contribution is 7.91. The number of ketones is 1. The van der Waals surface area contributed by atoms with Gasteiger partial charge in [-0.25, -0.2) is 26.6 Å². The van der Waals surface area contributed by atoms with Crippen LogP contribution in [-0.2, 0) is 38.7 Å². The lowest BCUT2D eigenvalue weighted by Gasteiger charge is -2.35. The monoisotopic (exact) mass is 849 g/mol. The highest BCUT2D eigenvalue weighted by Gasteiger charge is 2.63. The number of benzene rings is 1. The van der Waals surface area contributed by atoms with E-state index in [1.165, 1.54) is 36.4 Å². The summed E-state index contributed by atoms with van der Waals surface area (Å²) in [5.41, 5.74) is -3.63. The van der Waals surface area contributed by atoms with Crippen LogP contribution in [0.1, 0.15) is 99.3 Å². The zero-order valence-electron chi connectivity index (χ0n) is 34.5. The summed E-state index contributed by atoms with van der Waals surface area (Å²) < 4.78 is 94.5. The van der Waals surface area contributed by atoms with Crippen molar-refractivity contribution in [1.29, 1.82) is 0 Å². The molecule has 1 aromatic heterocycles. The Balaban J connectivity index is 1.38. The number of methoxy groups -OCH3 is 1. The van der Waals surface area contributed by atoms with Crippen LogP contribution in [0.15, 0.2) is 36.5 Å². The van der Waals surface area contributed by atoms with Gasteiger partial charge in [-0.3, -0.25) is 23.9 Å². The minimum atomic E-state index is -4.05. The summed E-state index contributed by atoms with van der Waals surface area (Å²) in [5.74, 6) is -8.52. The maximum Gasteiger partial charge on any atom is 0.307 e. The summed E-state index contributed by atoms with van der Waals surface area (Å²) in [6.45, 7) is 7.65. The van der Waals surface area contributed by atoms with Gasteiger partial charge in [-0.15, -0.1) is 0 Å². The number of sulfonamides is 1. The highest BCUT2D eigenvalue weighted by Crippen LogP contribution is 2.57. The first-order valence-electron chi connectivity index (χ1n) is 20.2. The number of ether oxygens (including phenoxy) is 4. The number of Topliss-reactive ketones (excluding diaryl/α,β-unsaturated/α-hetero) is 1. The lowest BCUT2D eigenvalue weighted by molar-refractivity contribution is -0.198. The van der Waals surface area contributed by atoms with Crippen LogP contribution in [0.5, 0.6) is 11.6 Å². The zero-order chi connectivity index (χ0) is 43.3. The van der Waals surface area contributed by atoms with Gasteiger partial charge in [-0.2, -0.15) is 0 Å². The molecule has 2 saturated carbocycles. The number of halogens is 3. The molecule has 3 fully saturated rings. The van der Waals surface area contributed by atoms with E-state index in [1.54, 1.807) is 20.8 Å². The Morgan fingerprint density at radius 1 is 1.14 bits per heavy atom. The molecule has 2 amide bonds. The van der Waals surface area contributed by atoms with Crippen molar-refractivity contribution in [1.82, 2.24) is 14.6 Å².